The fourth-order valence-electron chi connectivity index (χ4n) is 4.68. The molecule has 2 fully saturated rings. The molecule has 218 valence electrons. The minimum Gasteiger partial charge on any atom is -0.399 e. The van der Waals surface area contributed by atoms with Gasteiger partial charge >= 0.3 is 7.12 Å². The van der Waals surface area contributed by atoms with Gasteiger partial charge in [0.1, 0.15) is 11.6 Å². The maximum absolute atomic E-state index is 13.1. The van der Waals surface area contributed by atoms with E-state index in [-0.39, 0.29) is 16.6 Å². The highest BCUT2D eigenvalue weighted by Crippen LogP contribution is 2.41. The van der Waals surface area contributed by atoms with E-state index in [1.165, 1.54) is 11.6 Å². The van der Waals surface area contributed by atoms with Crippen LogP contribution in [0.2, 0.25) is 0 Å². The van der Waals surface area contributed by atoms with Crippen LogP contribution in [-0.2, 0) is 19.1 Å². The van der Waals surface area contributed by atoms with E-state index in [4.69, 9.17) is 14.3 Å². The lowest BCUT2D eigenvalue weighted by atomic mass is 9.80. The fraction of sp³-hybridized carbons (Fsp3) is 0.517. The molecule has 1 N–H and O–H groups in total. The number of anilines is 2. The van der Waals surface area contributed by atoms with Crippen LogP contribution in [-0.4, -0.2) is 58.1 Å². The smallest absolute Gasteiger partial charge is 0.399 e. The Hall–Kier alpha value is -3.09. The molecule has 3 heterocycles. The Morgan fingerprint density at radius 1 is 1.12 bits per heavy atom. The first kappa shape index (κ1) is 29.4. The molecule has 1 saturated heterocycles. The van der Waals surface area contributed by atoms with Crippen molar-refractivity contribution in [3.8, 4) is 11.4 Å². The first-order valence-corrected chi connectivity index (χ1v) is 15.5. The van der Waals surface area contributed by atoms with Crippen LogP contribution >= 0.6 is 0 Å². The predicted octanol–water partition coefficient (Wildman–Crippen LogP) is 4.74. The molecule has 0 atom stereocenters. The van der Waals surface area contributed by atoms with Crippen molar-refractivity contribution in [2.75, 3.05) is 11.1 Å². The molecule has 1 saturated carbocycles. The summed E-state index contributed by atoms with van der Waals surface area (Å²) in [5.41, 5.74) is 0.362. The van der Waals surface area contributed by atoms with E-state index in [2.05, 4.69) is 15.4 Å². The highest BCUT2D eigenvalue weighted by atomic mass is 32.2. The van der Waals surface area contributed by atoms with Crippen molar-refractivity contribution in [2.45, 2.75) is 90.2 Å². The van der Waals surface area contributed by atoms with Gasteiger partial charge in [0.25, 0.3) is 0 Å². The molecule has 0 amide bonds. The van der Waals surface area contributed by atoms with E-state index in [9.17, 15) is 13.2 Å². The van der Waals surface area contributed by atoms with Crippen LogP contribution in [0.3, 0.4) is 0 Å². The Morgan fingerprint density at radius 2 is 1.78 bits per heavy atom. The first-order valence-electron chi connectivity index (χ1n) is 13.9. The minimum atomic E-state index is -3.53. The van der Waals surface area contributed by atoms with Crippen molar-refractivity contribution in [3.05, 3.63) is 42.2 Å². The van der Waals surface area contributed by atoms with Crippen LogP contribution in [0.1, 0.15) is 84.6 Å². The number of carbonyl (C=O) groups is 1. The second kappa shape index (κ2) is 10.0. The number of carbonyl (C=O) groups excluding carboxylic acids is 1. The average molecular weight is 580 g/mol. The van der Waals surface area contributed by atoms with Gasteiger partial charge < -0.3 is 14.6 Å². The van der Waals surface area contributed by atoms with E-state index in [1.807, 2.05) is 54.5 Å². The number of sulfone groups is 1. The van der Waals surface area contributed by atoms with Gasteiger partial charge in [0.05, 0.1) is 27.5 Å². The van der Waals surface area contributed by atoms with Crippen LogP contribution in [0.25, 0.3) is 11.4 Å². The molecule has 1 aliphatic heterocycles. The highest BCUT2D eigenvalue weighted by molar-refractivity contribution is 7.91. The van der Waals surface area contributed by atoms with Crippen molar-refractivity contribution in [1.82, 2.24) is 19.7 Å². The quantitative estimate of drug-likeness (QED) is 0.395. The van der Waals surface area contributed by atoms with Crippen molar-refractivity contribution < 1.29 is 22.5 Å². The van der Waals surface area contributed by atoms with Crippen LogP contribution < -0.4 is 10.8 Å². The molecule has 2 aliphatic rings. The third-order valence-electron chi connectivity index (χ3n) is 7.67. The van der Waals surface area contributed by atoms with Gasteiger partial charge in [0.15, 0.2) is 15.7 Å². The molecule has 0 bridgehead atoms. The Labute approximate surface area is 242 Å². The zero-order valence-electron chi connectivity index (χ0n) is 25.0. The van der Waals surface area contributed by atoms with Gasteiger partial charge in [-0.2, -0.15) is 9.78 Å². The van der Waals surface area contributed by atoms with Gasteiger partial charge in [-0.1, -0.05) is 32.9 Å². The summed E-state index contributed by atoms with van der Waals surface area (Å²) in [6, 6.07) is 8.52. The Kier molecular flexibility index (Phi) is 7.19. The van der Waals surface area contributed by atoms with E-state index in [0.29, 0.717) is 34.4 Å². The molecular formula is C29H38BN5O5S. The number of nitrogens with zero attached hydrogens (tertiary/aromatic N) is 4. The molecule has 10 nitrogen and oxygen atoms in total. The molecule has 12 heteroatoms. The number of hydrogen-bond donors (Lipinski definition) is 1. The lowest BCUT2D eigenvalue weighted by Crippen LogP contribution is -2.41. The minimum absolute atomic E-state index is 0.0103. The molecular weight excluding hydrogens is 541 g/mol. The number of rotatable bonds is 7. The van der Waals surface area contributed by atoms with Crippen LogP contribution in [0.5, 0.6) is 0 Å². The topological polar surface area (TPSA) is 125 Å². The first-order chi connectivity index (χ1) is 19.0. The van der Waals surface area contributed by atoms with Crippen LogP contribution in [0.4, 0.5) is 11.6 Å². The average Bonchev–Trinajstić information content (AvgIpc) is 3.57. The van der Waals surface area contributed by atoms with E-state index < -0.39 is 33.6 Å². The number of nitrogens with one attached hydrogen (secondary N) is 1. The third-order valence-corrected chi connectivity index (χ3v) is 9.89. The zero-order valence-corrected chi connectivity index (χ0v) is 25.8. The maximum Gasteiger partial charge on any atom is 0.500 e. The summed E-state index contributed by atoms with van der Waals surface area (Å²) in [5, 5.41) is 7.82. The molecule has 0 radical (unpaired) electrons. The van der Waals surface area contributed by atoms with Crippen molar-refractivity contribution in [1.29, 1.82) is 0 Å². The maximum atomic E-state index is 13.1. The standard InChI is InChI=1S/C29H38BN5O5S/c1-18(36)35-24(15-23(34-35)19-12-13-19)32-26-22(30-39-28(5,6)29(7,8)40-30)16-31-25(33-26)20-10-9-11-21(14-20)41(37,38)17-27(2,3)4/h9-11,14-16,19H,12-13,17H2,1-8H3,(H,31,32,33). The second-order valence-corrected chi connectivity index (χ2v) is 15.2. The zero-order chi connectivity index (χ0) is 30.0. The number of hydrogen-bond acceptors (Lipinski definition) is 9. The summed E-state index contributed by atoms with van der Waals surface area (Å²) in [6.45, 7) is 15.0. The third kappa shape index (κ3) is 6.10. The summed E-state index contributed by atoms with van der Waals surface area (Å²) in [5.74, 6) is 1.29. The van der Waals surface area contributed by atoms with Gasteiger partial charge in [-0.3, -0.25) is 4.79 Å². The summed E-state index contributed by atoms with van der Waals surface area (Å²) < 4.78 is 40.2. The molecule has 0 spiro atoms. The van der Waals surface area contributed by atoms with E-state index in [0.717, 1.165) is 18.5 Å². The largest absolute Gasteiger partial charge is 0.500 e. The molecule has 3 aromatic rings. The Morgan fingerprint density at radius 3 is 2.37 bits per heavy atom. The highest BCUT2D eigenvalue weighted by Gasteiger charge is 2.52. The second-order valence-electron chi connectivity index (χ2n) is 13.2. The SMILES string of the molecule is CC(=O)n1nc(C2CC2)cc1Nc1nc(-c2cccc(S(=O)(=O)CC(C)(C)C)c2)ncc1B1OC(C)(C)C(C)(C)O1. The van der Waals surface area contributed by atoms with E-state index in [1.54, 1.807) is 30.5 Å². The molecule has 1 aromatic carbocycles. The Balaban J connectivity index is 1.58. The molecule has 1 aliphatic carbocycles. The lowest BCUT2D eigenvalue weighted by Gasteiger charge is -2.32. The van der Waals surface area contributed by atoms with Crippen molar-refractivity contribution in [3.63, 3.8) is 0 Å². The summed E-state index contributed by atoms with van der Waals surface area (Å²) in [4.78, 5) is 22.1. The van der Waals surface area contributed by atoms with E-state index >= 15 is 0 Å². The van der Waals surface area contributed by atoms with Gasteiger partial charge in [0, 0.05) is 36.1 Å². The normalized spacial score (nSPS) is 18.5. The lowest BCUT2D eigenvalue weighted by molar-refractivity contribution is 0.00578. The summed E-state index contributed by atoms with van der Waals surface area (Å²) >= 11 is 0. The van der Waals surface area contributed by atoms with Gasteiger partial charge in [0.2, 0.25) is 5.91 Å². The van der Waals surface area contributed by atoms with Crippen LogP contribution in [0.15, 0.2) is 41.4 Å². The molecule has 2 aromatic heterocycles. The predicted molar refractivity (Wildman–Crippen MR) is 158 cm³/mol. The van der Waals surface area contributed by atoms with Crippen molar-refractivity contribution >= 4 is 40.0 Å². The molecule has 41 heavy (non-hydrogen) atoms. The Bertz CT molecular complexity index is 1590. The van der Waals surface area contributed by atoms with Gasteiger partial charge in [-0.05, 0) is 58.1 Å². The number of benzene rings is 1. The fourth-order valence-corrected chi connectivity index (χ4v) is 6.58. The summed E-state index contributed by atoms with van der Waals surface area (Å²) in [6.07, 6.45) is 3.71. The number of aromatic nitrogens is 4. The van der Waals surface area contributed by atoms with Gasteiger partial charge in [-0.15, -0.1) is 0 Å². The monoisotopic (exact) mass is 579 g/mol. The van der Waals surface area contributed by atoms with Gasteiger partial charge in [-0.25, -0.2) is 18.4 Å². The molecule has 0 unspecified atom stereocenters. The van der Waals surface area contributed by atoms with Crippen LogP contribution in [0, 0.1) is 5.41 Å². The molecule has 5 rings (SSSR count). The van der Waals surface area contributed by atoms with Crippen molar-refractivity contribution in [2.24, 2.45) is 5.41 Å². The summed E-state index contributed by atoms with van der Waals surface area (Å²) in [7, 11) is -4.30.